The molecule has 23 heavy (non-hydrogen) atoms. The average molecular weight is 319 g/mol. The number of methoxy groups -OCH3 is 1. The van der Waals surface area contributed by atoms with Crippen molar-refractivity contribution in [3.05, 3.63) is 46.9 Å². The number of fused-ring (bicyclic) bond motifs is 1. The molecule has 2 aromatic rings. The third kappa shape index (κ3) is 2.76. The van der Waals surface area contributed by atoms with Gasteiger partial charge in [0.15, 0.2) is 0 Å². The van der Waals surface area contributed by atoms with Gasteiger partial charge in [0.1, 0.15) is 35.7 Å². The zero-order valence-electron chi connectivity index (χ0n) is 12.4. The van der Waals surface area contributed by atoms with Crippen molar-refractivity contribution in [3.63, 3.8) is 0 Å². The van der Waals surface area contributed by atoms with E-state index < -0.39 is 18.1 Å². The van der Waals surface area contributed by atoms with Crippen molar-refractivity contribution < 1.29 is 29.3 Å². The number of rotatable bonds is 4. The van der Waals surface area contributed by atoms with E-state index in [4.69, 9.17) is 14.3 Å². The molecular weight excluding hydrogens is 302 g/mol. The van der Waals surface area contributed by atoms with Gasteiger partial charge >= 0.3 is 5.97 Å². The number of ether oxygens (including phenoxy) is 1. The van der Waals surface area contributed by atoms with Gasteiger partial charge in [-0.25, -0.2) is 0 Å². The number of hydrogen-bond donors (Lipinski definition) is 4. The number of aliphatic carboxylic acids is 1. The van der Waals surface area contributed by atoms with Crippen LogP contribution in [0.25, 0.3) is 0 Å². The molecule has 0 fully saturated rings. The first-order valence-electron chi connectivity index (χ1n) is 7.11. The maximum Gasteiger partial charge on any atom is 0.321 e. The number of aliphatic hydroxyl groups is 1. The molecular formula is C16H17NO6. The van der Waals surface area contributed by atoms with Crippen LogP contribution in [0.3, 0.4) is 0 Å². The van der Waals surface area contributed by atoms with Crippen LogP contribution < -0.4 is 10.1 Å². The normalized spacial score (nSPS) is 20.1. The first-order chi connectivity index (χ1) is 11.0. The van der Waals surface area contributed by atoms with Crippen LogP contribution in [0.1, 0.15) is 28.7 Å². The van der Waals surface area contributed by atoms with E-state index in [2.05, 4.69) is 5.32 Å². The number of nitrogens with one attached hydrogen (secondary N) is 1. The van der Waals surface area contributed by atoms with E-state index in [1.54, 1.807) is 12.1 Å². The van der Waals surface area contributed by atoms with Crippen molar-refractivity contribution in [2.75, 3.05) is 7.11 Å². The summed E-state index contributed by atoms with van der Waals surface area (Å²) in [7, 11) is 1.48. The predicted molar refractivity (Wildman–Crippen MR) is 79.4 cm³/mol. The molecule has 0 radical (unpaired) electrons. The minimum atomic E-state index is -0.989. The predicted octanol–water partition coefficient (Wildman–Crippen LogP) is 1.17. The van der Waals surface area contributed by atoms with Gasteiger partial charge < -0.3 is 24.5 Å². The van der Waals surface area contributed by atoms with E-state index >= 15 is 0 Å². The smallest absolute Gasteiger partial charge is 0.321 e. The molecule has 7 nitrogen and oxygen atoms in total. The maximum absolute atomic E-state index is 11.4. The van der Waals surface area contributed by atoms with Crippen molar-refractivity contribution in [1.29, 1.82) is 0 Å². The topological polar surface area (TPSA) is 112 Å². The summed E-state index contributed by atoms with van der Waals surface area (Å²) < 4.78 is 10.9. The Balaban J connectivity index is 2.13. The first-order valence-corrected chi connectivity index (χ1v) is 7.11. The fraction of sp³-hybridized carbons (Fsp3) is 0.312. The number of aliphatic hydroxyl groups excluding tert-OH is 1. The second-order valence-electron chi connectivity index (χ2n) is 5.38. The van der Waals surface area contributed by atoms with Gasteiger partial charge in [0.05, 0.1) is 13.2 Å². The molecule has 0 aliphatic carbocycles. The molecule has 0 amide bonds. The second-order valence-corrected chi connectivity index (χ2v) is 5.38. The van der Waals surface area contributed by atoms with E-state index in [0.717, 1.165) is 5.56 Å². The van der Waals surface area contributed by atoms with Crippen LogP contribution >= 0.6 is 0 Å². The van der Waals surface area contributed by atoms with E-state index in [1.807, 2.05) is 0 Å². The highest BCUT2D eigenvalue weighted by Crippen LogP contribution is 2.40. The summed E-state index contributed by atoms with van der Waals surface area (Å²) in [6, 6.07) is 4.97. The lowest BCUT2D eigenvalue weighted by Gasteiger charge is -2.31. The van der Waals surface area contributed by atoms with Crippen molar-refractivity contribution >= 4 is 5.97 Å². The Kier molecular flexibility index (Phi) is 3.97. The molecule has 1 aliphatic rings. The molecule has 7 heteroatoms. The van der Waals surface area contributed by atoms with Crippen molar-refractivity contribution in [1.82, 2.24) is 5.32 Å². The number of carbonyl (C=O) groups is 1. The summed E-state index contributed by atoms with van der Waals surface area (Å²) in [4.78, 5) is 11.4. The Morgan fingerprint density at radius 3 is 2.83 bits per heavy atom. The number of benzene rings is 1. The van der Waals surface area contributed by atoms with Gasteiger partial charge in [0, 0.05) is 11.6 Å². The summed E-state index contributed by atoms with van der Waals surface area (Å²) in [5.74, 6) is 0.338. The number of carboxylic acids is 1. The lowest BCUT2D eigenvalue weighted by atomic mass is 9.88. The van der Waals surface area contributed by atoms with Crippen LogP contribution in [0.2, 0.25) is 0 Å². The van der Waals surface area contributed by atoms with Gasteiger partial charge in [-0.1, -0.05) is 0 Å². The number of furan rings is 1. The summed E-state index contributed by atoms with van der Waals surface area (Å²) in [5.41, 5.74) is 1.40. The fourth-order valence-electron chi connectivity index (χ4n) is 2.91. The summed E-state index contributed by atoms with van der Waals surface area (Å²) in [5, 5.41) is 31.3. The molecule has 122 valence electrons. The molecule has 1 aliphatic heterocycles. The zero-order valence-corrected chi connectivity index (χ0v) is 12.4. The Morgan fingerprint density at radius 1 is 1.43 bits per heavy atom. The molecule has 0 bridgehead atoms. The van der Waals surface area contributed by atoms with Crippen LogP contribution in [0.15, 0.2) is 28.7 Å². The first kappa shape index (κ1) is 15.4. The van der Waals surface area contributed by atoms with Gasteiger partial charge in [-0.3, -0.25) is 10.1 Å². The summed E-state index contributed by atoms with van der Waals surface area (Å²) in [6.45, 7) is -0.241. The van der Waals surface area contributed by atoms with Gasteiger partial charge in [0.2, 0.25) is 0 Å². The van der Waals surface area contributed by atoms with E-state index in [1.165, 1.54) is 19.2 Å². The monoisotopic (exact) mass is 319 g/mol. The third-order valence-corrected chi connectivity index (χ3v) is 3.93. The molecule has 0 saturated heterocycles. The van der Waals surface area contributed by atoms with Gasteiger partial charge in [-0.05, 0) is 30.2 Å². The number of phenolic OH excluding ortho intramolecular Hbond substituents is 1. The Morgan fingerprint density at radius 2 is 2.22 bits per heavy atom. The van der Waals surface area contributed by atoms with Crippen LogP contribution in [0.4, 0.5) is 0 Å². The van der Waals surface area contributed by atoms with E-state index in [0.29, 0.717) is 22.8 Å². The van der Waals surface area contributed by atoms with Crippen LogP contribution in [0, 0.1) is 0 Å². The van der Waals surface area contributed by atoms with Gasteiger partial charge in [-0.2, -0.15) is 0 Å². The Labute approximate surface area is 132 Å². The van der Waals surface area contributed by atoms with Crippen molar-refractivity contribution in [2.45, 2.75) is 25.1 Å². The van der Waals surface area contributed by atoms with Crippen LogP contribution in [0.5, 0.6) is 11.5 Å². The highest BCUT2D eigenvalue weighted by molar-refractivity contribution is 5.75. The third-order valence-electron chi connectivity index (χ3n) is 3.93. The highest BCUT2D eigenvalue weighted by atomic mass is 16.5. The van der Waals surface area contributed by atoms with Crippen LogP contribution in [-0.2, 0) is 17.8 Å². The molecule has 4 N–H and O–H groups in total. The maximum atomic E-state index is 11.4. The molecule has 1 aromatic carbocycles. The summed E-state index contributed by atoms with van der Waals surface area (Å²) in [6.07, 6.45) is 0.222. The number of phenols is 1. The van der Waals surface area contributed by atoms with Gasteiger partial charge in [-0.15, -0.1) is 0 Å². The highest BCUT2D eigenvalue weighted by Gasteiger charge is 2.35. The number of aromatic hydroxyl groups is 1. The minimum Gasteiger partial charge on any atom is -0.508 e. The minimum absolute atomic E-state index is 0.0147. The molecule has 1 aromatic heterocycles. The van der Waals surface area contributed by atoms with E-state index in [9.17, 15) is 15.0 Å². The van der Waals surface area contributed by atoms with Crippen molar-refractivity contribution in [2.24, 2.45) is 0 Å². The van der Waals surface area contributed by atoms with Crippen LogP contribution in [-0.4, -0.2) is 34.4 Å². The van der Waals surface area contributed by atoms with Gasteiger partial charge in [0.25, 0.3) is 0 Å². The largest absolute Gasteiger partial charge is 0.508 e. The number of carboxylic acid groups (broad SMARTS) is 1. The molecule has 2 atom stereocenters. The molecule has 0 spiro atoms. The Bertz CT molecular complexity index is 738. The molecule has 0 saturated carbocycles. The van der Waals surface area contributed by atoms with E-state index in [-0.39, 0.29) is 18.8 Å². The molecule has 0 unspecified atom stereocenters. The SMILES string of the molecule is COc1cc(O)cc2c1[C@H](c1ccc(CO)o1)N[C@H](C(=O)O)C2. The fourth-order valence-corrected chi connectivity index (χ4v) is 2.91. The lowest BCUT2D eigenvalue weighted by Crippen LogP contribution is -2.45. The second kappa shape index (κ2) is 5.94. The summed E-state index contributed by atoms with van der Waals surface area (Å²) >= 11 is 0. The Hall–Kier alpha value is -2.51. The van der Waals surface area contributed by atoms with Crippen molar-refractivity contribution in [3.8, 4) is 11.5 Å². The zero-order chi connectivity index (χ0) is 16.6. The number of hydrogen-bond acceptors (Lipinski definition) is 6. The molecule has 2 heterocycles. The standard InChI is InChI=1S/C16H17NO6/c1-22-13-6-9(19)4-8-5-11(16(20)21)17-15(14(8)13)12-3-2-10(7-18)23-12/h2-4,6,11,15,17-19H,5,7H2,1H3,(H,20,21)/t11-,15-/m0/s1. The quantitative estimate of drug-likeness (QED) is 0.669. The molecule has 3 rings (SSSR count). The average Bonchev–Trinajstić information content (AvgIpc) is 3.01. The lowest BCUT2D eigenvalue weighted by molar-refractivity contribution is -0.139.